The zero-order valence-electron chi connectivity index (χ0n) is 48.0. The molecule has 1 atom stereocenters. The molecule has 6 fully saturated rings. The average molecular weight is 1120 g/mol. The minimum absolute atomic E-state index is 0.0149. The summed E-state index contributed by atoms with van der Waals surface area (Å²) in [6, 6.07) is 49.1. The Bertz CT molecular complexity index is 3010. The van der Waals surface area contributed by atoms with Crippen LogP contribution in [0.15, 0.2) is 146 Å². The monoisotopic (exact) mass is 1120 g/mol. The molecule has 1 unspecified atom stereocenters. The summed E-state index contributed by atoms with van der Waals surface area (Å²) in [5.41, 5.74) is 10.9. The number of amides is 2. The zero-order valence-corrected chi connectivity index (χ0v) is 48.0. The molecule has 14 rings (SSSR count). The molecule has 4 saturated carbocycles. The van der Waals surface area contributed by atoms with Crippen LogP contribution in [0.1, 0.15) is 165 Å². The first-order chi connectivity index (χ1) is 40.7. The Hall–Kier alpha value is -6.99. The Morgan fingerprint density at radius 1 is 0.494 bits per heavy atom. The number of ether oxygens (including phenoxy) is 4. The molecule has 2 saturated heterocycles. The van der Waals surface area contributed by atoms with Crippen molar-refractivity contribution in [2.24, 2.45) is 23.7 Å². The van der Waals surface area contributed by atoms with Crippen LogP contribution in [0.4, 0.5) is 9.59 Å². The maximum atomic E-state index is 12.7. The van der Waals surface area contributed by atoms with Crippen molar-refractivity contribution in [2.45, 2.75) is 139 Å². The Balaban J connectivity index is 0.000000146. The SMILES string of the molecule is O=C(NCCC(=O)c1cccc(OCC2CCCCC2)c1)OCC1c2ccccc2-c2ccccc21.O=C(NCCC(O)c1cccc(OCC2CCCCC2)c1)OCC1c2ccccc2-c2ccccc21.ON1C2CC3CC(C2)CC1C3. The zero-order chi connectivity index (χ0) is 56.9. The van der Waals surface area contributed by atoms with Gasteiger partial charge in [-0.1, -0.05) is 160 Å². The molecule has 8 aliphatic rings. The lowest BCUT2D eigenvalue weighted by Gasteiger charge is -2.53. The molecular weight excluding hydrogens is 1040 g/mol. The Morgan fingerprint density at radius 2 is 0.928 bits per heavy atom. The van der Waals surface area contributed by atoms with Gasteiger partial charge in [-0.3, -0.25) is 4.79 Å². The molecule has 0 radical (unpaired) electrons. The lowest BCUT2D eigenvalue weighted by Crippen LogP contribution is -2.56. The van der Waals surface area contributed by atoms with Crippen molar-refractivity contribution in [3.8, 4) is 33.8 Å². The third-order valence-electron chi connectivity index (χ3n) is 18.7. The molecule has 6 aromatic carbocycles. The van der Waals surface area contributed by atoms with Crippen LogP contribution in [0.25, 0.3) is 22.3 Å². The summed E-state index contributed by atoms with van der Waals surface area (Å²) < 4.78 is 23.1. The summed E-state index contributed by atoms with van der Waals surface area (Å²) in [5.74, 6) is 4.70. The molecule has 436 valence electrons. The second-order valence-corrected chi connectivity index (χ2v) is 24.3. The first-order valence-corrected chi connectivity index (χ1v) is 31.0. The lowest BCUT2D eigenvalue weighted by atomic mass is 9.64. The number of benzene rings is 6. The van der Waals surface area contributed by atoms with Gasteiger partial charge in [-0.15, -0.1) is 0 Å². The number of carbonyl (C=O) groups is 3. The van der Waals surface area contributed by atoms with Crippen LogP contribution in [0.2, 0.25) is 0 Å². The third-order valence-corrected chi connectivity index (χ3v) is 18.7. The normalized spacial score (nSPS) is 20.9. The van der Waals surface area contributed by atoms with Crippen molar-refractivity contribution < 1.29 is 43.6 Å². The van der Waals surface area contributed by atoms with E-state index in [9.17, 15) is 24.7 Å². The van der Waals surface area contributed by atoms with E-state index in [0.717, 1.165) is 35.5 Å². The number of alkyl carbamates (subject to hydrolysis) is 2. The Kier molecular flexibility index (Phi) is 19.5. The summed E-state index contributed by atoms with van der Waals surface area (Å²) in [6.07, 6.45) is 18.2. The first kappa shape index (κ1) is 57.8. The van der Waals surface area contributed by atoms with Gasteiger partial charge in [0.2, 0.25) is 0 Å². The number of piperidine rings is 2. The van der Waals surface area contributed by atoms with E-state index >= 15 is 0 Å². The standard InChI is InChI=1S/C31H35NO4.C31H33NO4.C9H15NO/c2*33-30(23-11-8-12-24(19-23)35-20-22-9-2-1-3-10-22)17-18-32-31(34)36-21-29-27-15-6-4-13-25(27)26-14-5-7-16-28(26)29;11-10-8-2-6-1-7(4-8)5-9(10)3-6/h4-8,11-16,19,22,29-30,33H,1-3,9-10,17-18,20-21H2,(H,32,34);4-8,11-16,19,22,29H,1-3,9-10,17-18,20-21H2,(H,32,34);6-9,11H,1-5H2. The number of fused-ring (bicyclic) bond motifs is 6. The maximum absolute atomic E-state index is 12.7. The largest absolute Gasteiger partial charge is 0.493 e. The number of hydrogen-bond donors (Lipinski definition) is 4. The number of Topliss-reactive ketones (excluding diaryl/α,β-unsaturated/α-hetero) is 1. The highest BCUT2D eigenvalue weighted by atomic mass is 16.6. The van der Waals surface area contributed by atoms with Gasteiger partial charge in [-0.25, -0.2) is 9.59 Å². The van der Waals surface area contributed by atoms with Gasteiger partial charge in [0, 0.05) is 49.0 Å². The highest BCUT2D eigenvalue weighted by Crippen LogP contribution is 2.49. The molecule has 0 aromatic heterocycles. The fourth-order valence-electron chi connectivity index (χ4n) is 14.4. The van der Waals surface area contributed by atoms with Gasteiger partial charge in [0.1, 0.15) is 24.7 Å². The summed E-state index contributed by atoms with van der Waals surface area (Å²) in [4.78, 5) is 37.4. The maximum Gasteiger partial charge on any atom is 0.407 e. The molecule has 4 bridgehead atoms. The van der Waals surface area contributed by atoms with Gasteiger partial charge in [-0.2, -0.15) is 5.06 Å². The summed E-state index contributed by atoms with van der Waals surface area (Å²) in [7, 11) is 0. The minimum atomic E-state index is -0.683. The number of aliphatic hydroxyl groups excluding tert-OH is 1. The molecule has 0 spiro atoms. The molecule has 4 N–H and O–H groups in total. The lowest BCUT2D eigenvalue weighted by molar-refractivity contribution is -0.229. The van der Waals surface area contributed by atoms with Crippen molar-refractivity contribution in [1.82, 2.24) is 15.7 Å². The Morgan fingerprint density at radius 3 is 1.41 bits per heavy atom. The molecule has 2 amide bonds. The van der Waals surface area contributed by atoms with Gasteiger partial charge >= 0.3 is 12.2 Å². The van der Waals surface area contributed by atoms with E-state index in [0.29, 0.717) is 49.1 Å². The third kappa shape index (κ3) is 14.7. The van der Waals surface area contributed by atoms with Crippen LogP contribution >= 0.6 is 0 Å². The number of hydrogen-bond acceptors (Lipinski definition) is 10. The van der Waals surface area contributed by atoms with Gasteiger partial charge in [-0.05, 0) is 162 Å². The molecule has 2 heterocycles. The number of nitrogens with one attached hydrogen (secondary N) is 2. The quantitative estimate of drug-likeness (QED) is 0.0611. The van der Waals surface area contributed by atoms with Gasteiger partial charge in [0.05, 0.1) is 19.3 Å². The van der Waals surface area contributed by atoms with Crippen LogP contribution in [-0.2, 0) is 9.47 Å². The van der Waals surface area contributed by atoms with Crippen molar-refractivity contribution in [3.63, 3.8) is 0 Å². The van der Waals surface area contributed by atoms with Gasteiger partial charge in [0.15, 0.2) is 5.78 Å². The van der Waals surface area contributed by atoms with Crippen LogP contribution in [0, 0.1) is 23.7 Å². The molecular formula is C71H83N3O9. The second kappa shape index (κ2) is 28.1. The number of rotatable bonds is 18. The second-order valence-electron chi connectivity index (χ2n) is 24.3. The van der Waals surface area contributed by atoms with E-state index in [1.54, 1.807) is 17.2 Å². The van der Waals surface area contributed by atoms with E-state index < -0.39 is 18.3 Å². The highest BCUT2D eigenvalue weighted by Gasteiger charge is 2.46. The van der Waals surface area contributed by atoms with Crippen molar-refractivity contribution >= 4 is 18.0 Å². The topological polar surface area (TPSA) is 156 Å². The summed E-state index contributed by atoms with van der Waals surface area (Å²) in [5, 5.41) is 27.5. The molecule has 12 heteroatoms. The summed E-state index contributed by atoms with van der Waals surface area (Å²) in [6.45, 7) is 2.54. The fraction of sp³-hybridized carbons (Fsp3) is 0.451. The predicted octanol–water partition coefficient (Wildman–Crippen LogP) is 15.0. The van der Waals surface area contributed by atoms with Crippen LogP contribution < -0.4 is 20.1 Å². The van der Waals surface area contributed by atoms with Crippen LogP contribution in [0.5, 0.6) is 11.5 Å². The number of ketones is 1. The van der Waals surface area contributed by atoms with Crippen LogP contribution in [-0.4, -0.2) is 84.9 Å². The number of nitrogens with zero attached hydrogens (tertiary/aromatic N) is 1. The number of aliphatic hydroxyl groups is 1. The first-order valence-electron chi connectivity index (χ1n) is 31.0. The number of carbonyl (C=O) groups excluding carboxylic acids is 3. The smallest absolute Gasteiger partial charge is 0.407 e. The van der Waals surface area contributed by atoms with Crippen molar-refractivity contribution in [1.29, 1.82) is 0 Å². The highest BCUT2D eigenvalue weighted by molar-refractivity contribution is 5.96. The predicted molar refractivity (Wildman–Crippen MR) is 323 cm³/mol. The molecule has 83 heavy (non-hydrogen) atoms. The number of hydroxylamine groups is 2. The molecule has 12 nitrogen and oxygen atoms in total. The fourth-order valence-corrected chi connectivity index (χ4v) is 14.4. The summed E-state index contributed by atoms with van der Waals surface area (Å²) >= 11 is 0. The average Bonchev–Trinajstić information content (AvgIpc) is 4.28. The van der Waals surface area contributed by atoms with E-state index in [2.05, 4.69) is 59.2 Å². The van der Waals surface area contributed by atoms with E-state index in [1.807, 2.05) is 84.9 Å². The van der Waals surface area contributed by atoms with E-state index in [1.165, 1.54) is 141 Å². The molecule has 6 aliphatic carbocycles. The van der Waals surface area contributed by atoms with Gasteiger partial charge < -0.3 is 39.9 Å². The minimum Gasteiger partial charge on any atom is -0.493 e. The van der Waals surface area contributed by atoms with Gasteiger partial charge in [0.25, 0.3) is 0 Å². The van der Waals surface area contributed by atoms with Crippen molar-refractivity contribution in [2.75, 3.05) is 39.5 Å². The molecule has 6 aromatic rings. The van der Waals surface area contributed by atoms with E-state index in [-0.39, 0.29) is 43.8 Å². The Labute approximate surface area is 490 Å². The van der Waals surface area contributed by atoms with E-state index in [4.69, 9.17) is 18.9 Å². The van der Waals surface area contributed by atoms with Crippen molar-refractivity contribution in [3.05, 3.63) is 179 Å². The molecule has 2 aliphatic heterocycles. The van der Waals surface area contributed by atoms with Crippen LogP contribution in [0.3, 0.4) is 0 Å².